The number of methoxy groups -OCH3 is 1. The van der Waals surface area contributed by atoms with Gasteiger partial charge in [0.05, 0.1) is 7.11 Å². The maximum Gasteiger partial charge on any atom is 0.140 e. The summed E-state index contributed by atoms with van der Waals surface area (Å²) in [6, 6.07) is 6.96. The molecule has 0 heterocycles. The van der Waals surface area contributed by atoms with E-state index in [1.807, 2.05) is 0 Å². The van der Waals surface area contributed by atoms with Crippen LogP contribution in [0.25, 0.3) is 0 Å². The molecule has 3 heteroatoms. The summed E-state index contributed by atoms with van der Waals surface area (Å²) in [4.78, 5) is 0. The Labute approximate surface area is 83.0 Å². The van der Waals surface area contributed by atoms with Gasteiger partial charge in [0.15, 0.2) is 0 Å². The van der Waals surface area contributed by atoms with Crippen molar-refractivity contribution in [3.63, 3.8) is 0 Å². The molecule has 0 aliphatic heterocycles. The molecular weight excluding hydrogens is 180 g/mol. The summed E-state index contributed by atoms with van der Waals surface area (Å²) in [5, 5.41) is 17.9. The molecular formula is C11H12O3. The van der Waals surface area contributed by atoms with Crippen molar-refractivity contribution in [2.45, 2.75) is 6.10 Å². The van der Waals surface area contributed by atoms with Crippen LogP contribution in [0.4, 0.5) is 0 Å². The number of aliphatic hydroxyl groups excluding tert-OH is 2. The van der Waals surface area contributed by atoms with E-state index >= 15 is 0 Å². The van der Waals surface area contributed by atoms with Gasteiger partial charge in [-0.1, -0.05) is 24.0 Å². The summed E-state index contributed by atoms with van der Waals surface area (Å²) in [6.45, 7) is -0.243. The number of ether oxygens (including phenoxy) is 1. The van der Waals surface area contributed by atoms with E-state index in [0.717, 1.165) is 5.75 Å². The molecule has 0 aliphatic rings. The monoisotopic (exact) mass is 192 g/mol. The van der Waals surface area contributed by atoms with Gasteiger partial charge in [0.2, 0.25) is 0 Å². The lowest BCUT2D eigenvalue weighted by atomic mass is 10.1. The maximum absolute atomic E-state index is 9.49. The van der Waals surface area contributed by atoms with Gasteiger partial charge in [-0.25, -0.2) is 0 Å². The molecule has 0 saturated carbocycles. The van der Waals surface area contributed by atoms with Crippen molar-refractivity contribution in [2.75, 3.05) is 13.7 Å². The zero-order valence-corrected chi connectivity index (χ0v) is 7.90. The molecule has 0 bridgehead atoms. The van der Waals surface area contributed by atoms with Crippen LogP contribution in [0.3, 0.4) is 0 Å². The Morgan fingerprint density at radius 1 is 1.36 bits per heavy atom. The molecule has 0 spiro atoms. The number of benzene rings is 1. The normalized spacial score (nSPS) is 11.4. The van der Waals surface area contributed by atoms with E-state index in [4.69, 9.17) is 9.84 Å². The molecule has 0 fully saturated rings. The van der Waals surface area contributed by atoms with Crippen molar-refractivity contribution >= 4 is 0 Å². The lowest BCUT2D eigenvalue weighted by molar-refractivity contribution is 0.237. The Hall–Kier alpha value is -1.50. The molecule has 0 aromatic heterocycles. The Morgan fingerprint density at radius 3 is 2.50 bits per heavy atom. The highest BCUT2D eigenvalue weighted by atomic mass is 16.5. The minimum Gasteiger partial charge on any atom is -0.497 e. The smallest absolute Gasteiger partial charge is 0.140 e. The number of rotatable bonds is 2. The van der Waals surface area contributed by atoms with Crippen LogP contribution in [0.1, 0.15) is 11.7 Å². The van der Waals surface area contributed by atoms with Crippen LogP contribution in [0.2, 0.25) is 0 Å². The first kappa shape index (κ1) is 10.6. The van der Waals surface area contributed by atoms with Gasteiger partial charge >= 0.3 is 0 Å². The van der Waals surface area contributed by atoms with Crippen molar-refractivity contribution in [3.8, 4) is 17.6 Å². The zero-order chi connectivity index (χ0) is 10.4. The fourth-order valence-corrected chi connectivity index (χ4v) is 1.01. The molecule has 0 saturated heterocycles. The van der Waals surface area contributed by atoms with Crippen LogP contribution in [0, 0.1) is 11.8 Å². The van der Waals surface area contributed by atoms with Crippen molar-refractivity contribution in [1.29, 1.82) is 0 Å². The van der Waals surface area contributed by atoms with Gasteiger partial charge in [0.25, 0.3) is 0 Å². The zero-order valence-electron chi connectivity index (χ0n) is 7.90. The number of hydrogen-bond acceptors (Lipinski definition) is 3. The molecule has 74 valence electrons. The SMILES string of the molecule is COc1ccc(C(O)C#CCO)cc1. The molecule has 1 rings (SSSR count). The van der Waals surface area contributed by atoms with Gasteiger partial charge in [0.1, 0.15) is 18.5 Å². The van der Waals surface area contributed by atoms with Gasteiger partial charge in [-0.2, -0.15) is 0 Å². The number of hydrogen-bond donors (Lipinski definition) is 2. The second kappa shape index (κ2) is 5.28. The third-order valence-electron chi connectivity index (χ3n) is 1.75. The lowest BCUT2D eigenvalue weighted by Gasteiger charge is -2.04. The molecule has 2 N–H and O–H groups in total. The Balaban J connectivity index is 2.76. The molecule has 1 atom stereocenters. The molecule has 3 nitrogen and oxygen atoms in total. The predicted octanol–water partition coefficient (Wildman–Crippen LogP) is 0.724. The molecule has 0 radical (unpaired) electrons. The van der Waals surface area contributed by atoms with E-state index in [0.29, 0.717) is 5.56 Å². The van der Waals surface area contributed by atoms with Crippen LogP contribution >= 0.6 is 0 Å². The quantitative estimate of drug-likeness (QED) is 0.679. The molecule has 0 amide bonds. The van der Waals surface area contributed by atoms with Crippen molar-refractivity contribution in [3.05, 3.63) is 29.8 Å². The van der Waals surface area contributed by atoms with Crippen LogP contribution in [0.5, 0.6) is 5.75 Å². The predicted molar refractivity (Wildman–Crippen MR) is 52.8 cm³/mol. The summed E-state index contributed by atoms with van der Waals surface area (Å²) >= 11 is 0. The largest absolute Gasteiger partial charge is 0.497 e. The highest BCUT2D eigenvalue weighted by molar-refractivity contribution is 5.31. The van der Waals surface area contributed by atoms with E-state index in [1.165, 1.54) is 0 Å². The third-order valence-corrected chi connectivity index (χ3v) is 1.75. The first-order valence-electron chi connectivity index (χ1n) is 4.19. The average Bonchev–Trinajstić information content (AvgIpc) is 2.26. The number of aliphatic hydroxyl groups is 2. The topological polar surface area (TPSA) is 49.7 Å². The first-order chi connectivity index (χ1) is 6.77. The lowest BCUT2D eigenvalue weighted by Crippen LogP contribution is -1.94. The van der Waals surface area contributed by atoms with E-state index in [9.17, 15) is 5.11 Å². The summed E-state index contributed by atoms with van der Waals surface area (Å²) in [6.07, 6.45) is -0.854. The van der Waals surface area contributed by atoms with E-state index in [-0.39, 0.29) is 6.61 Å². The van der Waals surface area contributed by atoms with Crippen molar-refractivity contribution < 1.29 is 14.9 Å². The summed E-state index contributed by atoms with van der Waals surface area (Å²) in [5.41, 5.74) is 0.687. The highest BCUT2D eigenvalue weighted by Gasteiger charge is 2.02. The summed E-state index contributed by atoms with van der Waals surface area (Å²) < 4.78 is 4.97. The van der Waals surface area contributed by atoms with Gasteiger partial charge in [0, 0.05) is 0 Å². The first-order valence-corrected chi connectivity index (χ1v) is 4.19. The fraction of sp³-hybridized carbons (Fsp3) is 0.273. The summed E-state index contributed by atoms with van der Waals surface area (Å²) in [7, 11) is 1.58. The molecule has 14 heavy (non-hydrogen) atoms. The Bertz CT molecular complexity index is 332. The van der Waals surface area contributed by atoms with Gasteiger partial charge in [-0.3, -0.25) is 0 Å². The maximum atomic E-state index is 9.49. The van der Waals surface area contributed by atoms with Crippen LogP contribution in [0.15, 0.2) is 24.3 Å². The summed E-state index contributed by atoms with van der Waals surface area (Å²) in [5.74, 6) is 5.63. The Morgan fingerprint density at radius 2 is 2.00 bits per heavy atom. The molecule has 1 unspecified atom stereocenters. The van der Waals surface area contributed by atoms with Crippen LogP contribution in [-0.2, 0) is 0 Å². The average molecular weight is 192 g/mol. The second-order valence-electron chi connectivity index (χ2n) is 2.65. The van der Waals surface area contributed by atoms with Gasteiger partial charge in [-0.15, -0.1) is 0 Å². The van der Waals surface area contributed by atoms with Gasteiger partial charge in [-0.05, 0) is 17.7 Å². The van der Waals surface area contributed by atoms with Crippen LogP contribution < -0.4 is 4.74 Å². The van der Waals surface area contributed by atoms with E-state index in [2.05, 4.69) is 11.8 Å². The third kappa shape index (κ3) is 2.77. The van der Waals surface area contributed by atoms with Gasteiger partial charge < -0.3 is 14.9 Å². The van der Waals surface area contributed by atoms with E-state index < -0.39 is 6.10 Å². The molecule has 0 aliphatic carbocycles. The highest BCUT2D eigenvalue weighted by Crippen LogP contribution is 2.16. The van der Waals surface area contributed by atoms with Crippen molar-refractivity contribution in [1.82, 2.24) is 0 Å². The fourth-order valence-electron chi connectivity index (χ4n) is 1.01. The second-order valence-corrected chi connectivity index (χ2v) is 2.65. The van der Waals surface area contributed by atoms with Crippen LogP contribution in [-0.4, -0.2) is 23.9 Å². The molecule has 1 aromatic carbocycles. The minimum absolute atomic E-state index is 0.243. The van der Waals surface area contributed by atoms with E-state index in [1.54, 1.807) is 31.4 Å². The standard InChI is InChI=1S/C11H12O3/c1-14-10-6-4-9(5-7-10)11(13)3-2-8-12/h4-7,11-13H,8H2,1H3. The Kier molecular flexibility index (Phi) is 3.99. The minimum atomic E-state index is -0.854. The van der Waals surface area contributed by atoms with Crippen molar-refractivity contribution in [2.24, 2.45) is 0 Å². The molecule has 1 aromatic rings.